The second-order valence-electron chi connectivity index (χ2n) is 6.47. The van der Waals surface area contributed by atoms with Gasteiger partial charge >= 0.3 is 5.97 Å². The van der Waals surface area contributed by atoms with Crippen molar-refractivity contribution in [2.45, 2.75) is 52.2 Å². The third kappa shape index (κ3) is 2.91. The minimum absolute atomic E-state index is 0.0382. The van der Waals surface area contributed by atoms with Gasteiger partial charge in [0.25, 0.3) is 5.91 Å². The van der Waals surface area contributed by atoms with Crippen molar-refractivity contribution in [2.75, 3.05) is 13.1 Å². The molecule has 1 N–H and O–H groups in total. The van der Waals surface area contributed by atoms with Gasteiger partial charge in [0.1, 0.15) is 6.10 Å². The third-order valence-electron chi connectivity index (χ3n) is 4.65. The van der Waals surface area contributed by atoms with Gasteiger partial charge < -0.3 is 14.7 Å². The van der Waals surface area contributed by atoms with Gasteiger partial charge in [0, 0.05) is 13.1 Å². The molecule has 108 valence electrons. The summed E-state index contributed by atoms with van der Waals surface area (Å²) in [6, 6.07) is 0. The maximum absolute atomic E-state index is 12.4. The number of nitrogens with zero attached hydrogens (tertiary/aromatic N) is 1. The number of aliphatic carboxylic acids is 1. The van der Waals surface area contributed by atoms with E-state index in [0.717, 1.165) is 19.5 Å². The van der Waals surface area contributed by atoms with E-state index in [1.54, 1.807) is 0 Å². The highest BCUT2D eigenvalue weighted by molar-refractivity contribution is 5.82. The molecule has 2 aliphatic heterocycles. The minimum atomic E-state index is -0.970. The van der Waals surface area contributed by atoms with Crippen LogP contribution >= 0.6 is 0 Å². The number of piperidine rings is 1. The molecule has 0 aliphatic carbocycles. The fourth-order valence-electron chi connectivity index (χ4n) is 2.86. The van der Waals surface area contributed by atoms with Crippen molar-refractivity contribution in [2.24, 2.45) is 11.3 Å². The number of rotatable bonds is 2. The number of carboxylic acids is 1. The van der Waals surface area contributed by atoms with Gasteiger partial charge in [-0.05, 0) is 30.6 Å². The van der Waals surface area contributed by atoms with Gasteiger partial charge in [-0.3, -0.25) is 4.79 Å². The van der Waals surface area contributed by atoms with Crippen LogP contribution in [0.5, 0.6) is 0 Å². The molecule has 5 heteroatoms. The summed E-state index contributed by atoms with van der Waals surface area (Å²) in [4.78, 5) is 25.1. The first kappa shape index (κ1) is 14.3. The van der Waals surface area contributed by atoms with Crippen LogP contribution in [-0.4, -0.2) is 47.2 Å². The fourth-order valence-corrected chi connectivity index (χ4v) is 2.86. The molecule has 2 rings (SSSR count). The molecule has 2 heterocycles. The molecule has 2 fully saturated rings. The Hall–Kier alpha value is -1.10. The minimum Gasteiger partial charge on any atom is -0.479 e. The number of carbonyl (C=O) groups is 2. The summed E-state index contributed by atoms with van der Waals surface area (Å²) in [5.41, 5.74) is 0.110. The molecule has 0 aromatic rings. The number of amides is 1. The molecule has 0 saturated carbocycles. The Labute approximate surface area is 113 Å². The first-order valence-electron chi connectivity index (χ1n) is 6.98. The van der Waals surface area contributed by atoms with E-state index < -0.39 is 18.2 Å². The Bertz CT molecular complexity index is 380. The second-order valence-corrected chi connectivity index (χ2v) is 6.47. The summed E-state index contributed by atoms with van der Waals surface area (Å²) in [6.07, 6.45) is 0.561. The van der Waals surface area contributed by atoms with Crippen molar-refractivity contribution in [3.63, 3.8) is 0 Å². The lowest BCUT2D eigenvalue weighted by Gasteiger charge is -2.43. The Morgan fingerprint density at radius 2 is 1.84 bits per heavy atom. The van der Waals surface area contributed by atoms with Crippen LogP contribution in [0.15, 0.2) is 0 Å². The van der Waals surface area contributed by atoms with Crippen LogP contribution in [0.25, 0.3) is 0 Å². The molecule has 3 atom stereocenters. The fraction of sp³-hybridized carbons (Fsp3) is 0.857. The summed E-state index contributed by atoms with van der Waals surface area (Å²) in [5, 5.41) is 8.89. The largest absolute Gasteiger partial charge is 0.479 e. The number of likely N-dealkylation sites (tertiary alicyclic amines) is 1. The number of hydrogen-bond donors (Lipinski definition) is 1. The van der Waals surface area contributed by atoms with E-state index in [0.29, 0.717) is 18.8 Å². The average molecular weight is 269 g/mol. The van der Waals surface area contributed by atoms with E-state index in [2.05, 4.69) is 20.8 Å². The molecule has 0 radical (unpaired) electrons. The predicted molar refractivity (Wildman–Crippen MR) is 69.7 cm³/mol. The number of ether oxygens (including phenoxy) is 1. The van der Waals surface area contributed by atoms with Crippen molar-refractivity contribution in [1.29, 1.82) is 0 Å². The van der Waals surface area contributed by atoms with Gasteiger partial charge in [-0.15, -0.1) is 0 Å². The molecule has 2 saturated heterocycles. The lowest BCUT2D eigenvalue weighted by atomic mass is 9.75. The van der Waals surface area contributed by atoms with Gasteiger partial charge in [0.2, 0.25) is 0 Å². The van der Waals surface area contributed by atoms with Gasteiger partial charge in [-0.25, -0.2) is 4.79 Å². The Balaban J connectivity index is 1.96. The molecule has 1 amide bonds. The highest BCUT2D eigenvalue weighted by atomic mass is 16.5. The first-order chi connectivity index (χ1) is 8.81. The summed E-state index contributed by atoms with van der Waals surface area (Å²) in [7, 11) is 0. The molecular weight excluding hydrogens is 246 g/mol. The molecule has 5 nitrogen and oxygen atoms in total. The van der Waals surface area contributed by atoms with E-state index in [1.165, 1.54) is 0 Å². The van der Waals surface area contributed by atoms with Crippen LogP contribution in [0.2, 0.25) is 0 Å². The normalized spacial score (nSPS) is 34.3. The molecule has 2 aliphatic rings. The molecular formula is C14H23NO4. The van der Waals surface area contributed by atoms with Crippen LogP contribution < -0.4 is 0 Å². The molecule has 0 aromatic carbocycles. The number of hydrogen-bond acceptors (Lipinski definition) is 3. The summed E-state index contributed by atoms with van der Waals surface area (Å²) in [6.45, 7) is 8.04. The topological polar surface area (TPSA) is 66.8 Å². The van der Waals surface area contributed by atoms with Gasteiger partial charge in [0.15, 0.2) is 6.10 Å². The molecule has 0 bridgehead atoms. The summed E-state index contributed by atoms with van der Waals surface area (Å²) in [5.74, 6) is -0.417. The second kappa shape index (κ2) is 5.12. The zero-order chi connectivity index (χ0) is 14.2. The highest BCUT2D eigenvalue weighted by Gasteiger charge is 2.40. The van der Waals surface area contributed by atoms with E-state index in [-0.39, 0.29) is 11.3 Å². The van der Waals surface area contributed by atoms with Crippen molar-refractivity contribution in [1.82, 2.24) is 4.90 Å². The van der Waals surface area contributed by atoms with E-state index in [1.807, 2.05) is 4.90 Å². The van der Waals surface area contributed by atoms with Gasteiger partial charge in [-0.2, -0.15) is 0 Å². The Morgan fingerprint density at radius 1 is 1.21 bits per heavy atom. The van der Waals surface area contributed by atoms with E-state index >= 15 is 0 Å². The highest BCUT2D eigenvalue weighted by Crippen LogP contribution is 2.35. The number of carbonyl (C=O) groups excluding carboxylic acids is 1. The van der Waals surface area contributed by atoms with Crippen LogP contribution in [0.1, 0.15) is 40.0 Å². The average Bonchev–Trinajstić information content (AvgIpc) is 2.81. The maximum Gasteiger partial charge on any atom is 0.332 e. The van der Waals surface area contributed by atoms with Crippen molar-refractivity contribution in [3.8, 4) is 0 Å². The van der Waals surface area contributed by atoms with Crippen LogP contribution in [-0.2, 0) is 14.3 Å². The van der Waals surface area contributed by atoms with Crippen LogP contribution in [0.3, 0.4) is 0 Å². The SMILES string of the molecule is CC1CCN(C(=O)[C@@H]2CC[C@H](C(=O)O)O2)CC1(C)C. The Kier molecular flexibility index (Phi) is 3.85. The molecule has 19 heavy (non-hydrogen) atoms. The van der Waals surface area contributed by atoms with Gasteiger partial charge in [-0.1, -0.05) is 20.8 Å². The van der Waals surface area contributed by atoms with E-state index in [4.69, 9.17) is 9.84 Å². The van der Waals surface area contributed by atoms with Crippen LogP contribution in [0.4, 0.5) is 0 Å². The molecule has 0 spiro atoms. The molecule has 0 aromatic heterocycles. The third-order valence-corrected chi connectivity index (χ3v) is 4.65. The standard InChI is InChI=1S/C14H23NO4/c1-9-6-7-15(8-14(9,2)3)12(16)10-4-5-11(19-10)13(17)18/h9-11H,4-8H2,1-3H3,(H,17,18)/t9?,10-,11+/m0/s1. The Morgan fingerprint density at radius 3 is 2.37 bits per heavy atom. The predicted octanol–water partition coefficient (Wildman–Crippen LogP) is 1.51. The van der Waals surface area contributed by atoms with Gasteiger partial charge in [0.05, 0.1) is 0 Å². The maximum atomic E-state index is 12.4. The smallest absolute Gasteiger partial charge is 0.332 e. The quantitative estimate of drug-likeness (QED) is 0.825. The first-order valence-corrected chi connectivity index (χ1v) is 6.98. The van der Waals surface area contributed by atoms with E-state index in [9.17, 15) is 9.59 Å². The zero-order valence-corrected chi connectivity index (χ0v) is 11.9. The summed E-state index contributed by atoms with van der Waals surface area (Å²) >= 11 is 0. The number of carboxylic acid groups (broad SMARTS) is 1. The van der Waals surface area contributed by atoms with Crippen molar-refractivity contribution < 1.29 is 19.4 Å². The lowest BCUT2D eigenvalue weighted by Crippen LogP contribution is -2.50. The monoisotopic (exact) mass is 269 g/mol. The zero-order valence-electron chi connectivity index (χ0n) is 11.9. The summed E-state index contributed by atoms with van der Waals surface area (Å²) < 4.78 is 5.34. The van der Waals surface area contributed by atoms with Crippen molar-refractivity contribution >= 4 is 11.9 Å². The molecule has 1 unspecified atom stereocenters. The van der Waals surface area contributed by atoms with Crippen molar-refractivity contribution in [3.05, 3.63) is 0 Å². The lowest BCUT2D eigenvalue weighted by molar-refractivity contribution is -0.156. The van der Waals surface area contributed by atoms with Crippen LogP contribution in [0, 0.1) is 11.3 Å².